The highest BCUT2D eigenvalue weighted by Crippen LogP contribution is 2.33. The lowest BCUT2D eigenvalue weighted by atomic mass is 9.92. The minimum atomic E-state index is -0.466. The number of aliphatic hydroxyl groups excluding tert-OH is 1. The van der Waals surface area contributed by atoms with Gasteiger partial charge in [-0.05, 0) is 30.5 Å². The predicted octanol–water partition coefficient (Wildman–Crippen LogP) is 3.56. The molecule has 0 saturated carbocycles. The van der Waals surface area contributed by atoms with Gasteiger partial charge in [0.15, 0.2) is 5.78 Å². The van der Waals surface area contributed by atoms with Crippen LogP contribution in [0.1, 0.15) is 35.2 Å². The molecule has 0 saturated heterocycles. The van der Waals surface area contributed by atoms with Gasteiger partial charge in [-0.2, -0.15) is 0 Å². The van der Waals surface area contributed by atoms with Crippen molar-refractivity contribution in [2.24, 2.45) is 0 Å². The maximum atomic E-state index is 12.7. The summed E-state index contributed by atoms with van der Waals surface area (Å²) < 4.78 is 5.48. The van der Waals surface area contributed by atoms with E-state index in [1.54, 1.807) is 29.2 Å². The molecule has 0 aliphatic carbocycles. The van der Waals surface area contributed by atoms with Crippen LogP contribution in [-0.4, -0.2) is 29.6 Å². The van der Waals surface area contributed by atoms with Gasteiger partial charge in [0.2, 0.25) is 0 Å². The van der Waals surface area contributed by atoms with Crippen molar-refractivity contribution in [2.45, 2.75) is 31.9 Å². The van der Waals surface area contributed by atoms with Gasteiger partial charge >= 0.3 is 6.09 Å². The van der Waals surface area contributed by atoms with Crippen molar-refractivity contribution in [3.63, 3.8) is 0 Å². The van der Waals surface area contributed by atoms with Crippen LogP contribution >= 0.6 is 0 Å². The Morgan fingerprint density at radius 2 is 1.84 bits per heavy atom. The van der Waals surface area contributed by atoms with E-state index in [9.17, 15) is 9.59 Å². The number of aliphatic hydroxyl groups is 1. The molecule has 5 heteroatoms. The van der Waals surface area contributed by atoms with E-state index in [0.29, 0.717) is 24.1 Å². The van der Waals surface area contributed by atoms with Gasteiger partial charge in [-0.15, -0.1) is 0 Å². The molecule has 0 radical (unpaired) electrons. The lowest BCUT2D eigenvalue weighted by Crippen LogP contribution is -2.45. The maximum Gasteiger partial charge on any atom is 0.414 e. The summed E-state index contributed by atoms with van der Waals surface area (Å²) in [6.07, 6.45) is 0.864. The summed E-state index contributed by atoms with van der Waals surface area (Å²) >= 11 is 0. The first-order chi connectivity index (χ1) is 12.2. The third-order valence-corrected chi connectivity index (χ3v) is 4.35. The van der Waals surface area contributed by atoms with Crippen LogP contribution in [0.5, 0.6) is 0 Å². The molecule has 0 fully saturated rings. The predicted molar refractivity (Wildman–Crippen MR) is 94.6 cm³/mol. The average molecular weight is 339 g/mol. The van der Waals surface area contributed by atoms with Crippen molar-refractivity contribution in [2.75, 3.05) is 11.5 Å². The molecule has 25 heavy (non-hydrogen) atoms. The van der Waals surface area contributed by atoms with Crippen LogP contribution in [0, 0.1) is 0 Å². The molecule has 1 heterocycles. The second-order valence-electron chi connectivity index (χ2n) is 6.07. The molecule has 1 N–H and O–H groups in total. The van der Waals surface area contributed by atoms with E-state index < -0.39 is 6.09 Å². The highest BCUT2D eigenvalue weighted by Gasteiger charge is 2.35. The Hall–Kier alpha value is -2.66. The van der Waals surface area contributed by atoms with Crippen LogP contribution in [0.2, 0.25) is 0 Å². The number of fused-ring (bicyclic) bond motifs is 1. The quantitative estimate of drug-likeness (QED) is 0.904. The third kappa shape index (κ3) is 3.88. The number of para-hydroxylation sites is 1. The molecule has 3 rings (SSSR count). The molecule has 130 valence electrons. The number of carbonyl (C=O) groups is 2. The molecule has 0 spiro atoms. The van der Waals surface area contributed by atoms with Crippen molar-refractivity contribution in [3.8, 4) is 0 Å². The second-order valence-corrected chi connectivity index (χ2v) is 6.07. The number of nitrogens with zero attached hydrogens (tertiary/aromatic N) is 1. The lowest BCUT2D eigenvalue weighted by Gasteiger charge is -2.35. The number of ketones is 1. The first-order valence-electron chi connectivity index (χ1n) is 8.43. The fourth-order valence-electron chi connectivity index (χ4n) is 3.13. The molecule has 1 aliphatic heterocycles. The van der Waals surface area contributed by atoms with Crippen LogP contribution in [0.4, 0.5) is 10.5 Å². The SMILES string of the molecule is O=C1CC(CCCO)N(C(=O)OCc2ccccc2)c2ccccc21. The highest BCUT2D eigenvalue weighted by molar-refractivity contribution is 6.08. The van der Waals surface area contributed by atoms with Gasteiger partial charge in [0.1, 0.15) is 6.61 Å². The number of Topliss-reactive ketones (excluding diaryl/α,β-unsaturated/α-hetero) is 1. The zero-order chi connectivity index (χ0) is 17.6. The summed E-state index contributed by atoms with van der Waals surface area (Å²) in [5, 5.41) is 9.12. The topological polar surface area (TPSA) is 66.8 Å². The Labute approximate surface area is 146 Å². The van der Waals surface area contributed by atoms with Crippen molar-refractivity contribution in [1.82, 2.24) is 0 Å². The van der Waals surface area contributed by atoms with Gasteiger partial charge in [-0.25, -0.2) is 4.79 Å². The number of benzene rings is 2. The van der Waals surface area contributed by atoms with E-state index in [2.05, 4.69) is 0 Å². The second kappa shape index (κ2) is 7.94. The van der Waals surface area contributed by atoms with Crippen LogP contribution < -0.4 is 4.90 Å². The Morgan fingerprint density at radius 1 is 1.12 bits per heavy atom. The van der Waals surface area contributed by atoms with E-state index in [1.165, 1.54) is 0 Å². The van der Waals surface area contributed by atoms with E-state index in [1.807, 2.05) is 30.3 Å². The van der Waals surface area contributed by atoms with Crippen LogP contribution in [0.3, 0.4) is 0 Å². The molecule has 2 aromatic rings. The summed E-state index contributed by atoms with van der Waals surface area (Å²) in [5.41, 5.74) is 2.03. The number of hydrogen-bond donors (Lipinski definition) is 1. The summed E-state index contributed by atoms with van der Waals surface area (Å²) in [4.78, 5) is 26.7. The molecule has 1 atom stereocenters. The molecular formula is C20H21NO4. The lowest BCUT2D eigenvalue weighted by molar-refractivity contribution is 0.0957. The monoisotopic (exact) mass is 339 g/mol. The first kappa shape index (κ1) is 17.2. The minimum Gasteiger partial charge on any atom is -0.444 e. The Kier molecular flexibility index (Phi) is 5.46. The van der Waals surface area contributed by atoms with Crippen LogP contribution in [0.15, 0.2) is 54.6 Å². The van der Waals surface area contributed by atoms with Crippen molar-refractivity contribution in [1.29, 1.82) is 0 Å². The van der Waals surface area contributed by atoms with Crippen LogP contribution in [-0.2, 0) is 11.3 Å². The largest absolute Gasteiger partial charge is 0.444 e. The van der Waals surface area contributed by atoms with Gasteiger partial charge in [-0.1, -0.05) is 42.5 Å². The van der Waals surface area contributed by atoms with Gasteiger partial charge in [0.05, 0.1) is 5.69 Å². The molecule has 1 amide bonds. The average Bonchev–Trinajstić information content (AvgIpc) is 2.65. The van der Waals surface area contributed by atoms with Crippen molar-refractivity contribution >= 4 is 17.6 Å². The van der Waals surface area contributed by atoms with Crippen molar-refractivity contribution in [3.05, 3.63) is 65.7 Å². The van der Waals surface area contributed by atoms with E-state index >= 15 is 0 Å². The highest BCUT2D eigenvalue weighted by atomic mass is 16.6. The van der Waals surface area contributed by atoms with E-state index in [-0.39, 0.29) is 31.5 Å². The number of rotatable bonds is 5. The first-order valence-corrected chi connectivity index (χ1v) is 8.43. The van der Waals surface area contributed by atoms with Crippen LogP contribution in [0.25, 0.3) is 0 Å². The number of hydrogen-bond acceptors (Lipinski definition) is 4. The van der Waals surface area contributed by atoms with Crippen molar-refractivity contribution < 1.29 is 19.4 Å². The fraction of sp³-hybridized carbons (Fsp3) is 0.300. The maximum absolute atomic E-state index is 12.7. The third-order valence-electron chi connectivity index (χ3n) is 4.35. The number of anilines is 1. The summed E-state index contributed by atoms with van der Waals surface area (Å²) in [6, 6.07) is 16.3. The Morgan fingerprint density at radius 3 is 2.60 bits per heavy atom. The molecule has 1 aliphatic rings. The molecule has 0 aromatic heterocycles. The number of amides is 1. The fourth-order valence-corrected chi connectivity index (χ4v) is 3.13. The van der Waals surface area contributed by atoms with E-state index in [0.717, 1.165) is 5.56 Å². The summed E-state index contributed by atoms with van der Waals surface area (Å²) in [5.74, 6) is 0.0191. The Bertz CT molecular complexity index is 744. The van der Waals surface area contributed by atoms with Gasteiger partial charge in [0.25, 0.3) is 0 Å². The van der Waals surface area contributed by atoms with E-state index in [4.69, 9.17) is 9.84 Å². The normalized spacial score (nSPS) is 16.4. The summed E-state index contributed by atoms with van der Waals surface area (Å²) in [6.45, 7) is 0.207. The minimum absolute atomic E-state index is 0.0191. The number of carbonyl (C=O) groups excluding carboxylic acids is 2. The summed E-state index contributed by atoms with van der Waals surface area (Å²) in [7, 11) is 0. The Balaban J connectivity index is 1.82. The van der Waals surface area contributed by atoms with Gasteiger partial charge < -0.3 is 9.84 Å². The molecule has 0 bridgehead atoms. The van der Waals surface area contributed by atoms with Gasteiger partial charge in [0, 0.05) is 24.6 Å². The standard InChI is InChI=1S/C20H21NO4/c22-12-6-9-16-13-19(23)17-10-4-5-11-18(17)21(16)20(24)25-14-15-7-2-1-3-8-15/h1-5,7-8,10-11,16,22H,6,9,12-14H2. The smallest absolute Gasteiger partial charge is 0.414 e. The number of ether oxygens (including phenoxy) is 1. The molecular weight excluding hydrogens is 318 g/mol. The molecule has 1 unspecified atom stereocenters. The molecule has 5 nitrogen and oxygen atoms in total. The molecule has 2 aromatic carbocycles. The zero-order valence-corrected chi connectivity index (χ0v) is 13.9. The zero-order valence-electron chi connectivity index (χ0n) is 13.9. The van der Waals surface area contributed by atoms with Gasteiger partial charge in [-0.3, -0.25) is 9.69 Å².